The number of ketones is 1. The van der Waals surface area contributed by atoms with Gasteiger partial charge in [0.15, 0.2) is 5.78 Å². The van der Waals surface area contributed by atoms with Gasteiger partial charge in [0.1, 0.15) is 5.82 Å². The van der Waals surface area contributed by atoms with E-state index in [0.717, 1.165) is 31.4 Å². The normalized spacial score (nSPS) is 12.9. The second kappa shape index (κ2) is 9.70. The second-order valence-corrected chi connectivity index (χ2v) is 5.85. The lowest BCUT2D eigenvalue weighted by Crippen LogP contribution is -2.49. The van der Waals surface area contributed by atoms with E-state index < -0.39 is 0 Å². The van der Waals surface area contributed by atoms with Gasteiger partial charge in [0, 0.05) is 26.6 Å². The third kappa shape index (κ3) is 5.85. The van der Waals surface area contributed by atoms with Crippen LogP contribution in [0, 0.1) is 5.82 Å². The summed E-state index contributed by atoms with van der Waals surface area (Å²) in [5.41, 5.74) is 0.916. The van der Waals surface area contributed by atoms with Gasteiger partial charge in [0.05, 0.1) is 6.04 Å². The van der Waals surface area contributed by atoms with Gasteiger partial charge in [-0.2, -0.15) is 0 Å². The Labute approximate surface area is 134 Å². The van der Waals surface area contributed by atoms with Crippen molar-refractivity contribution in [3.05, 3.63) is 35.6 Å². The molecule has 1 aromatic rings. The molecule has 1 atom stereocenters. The number of hydrazine groups is 1. The van der Waals surface area contributed by atoms with Crippen LogP contribution in [0.5, 0.6) is 0 Å². The number of hydrogen-bond donors (Lipinski definition) is 0. The maximum atomic E-state index is 13.3. The SMILES string of the molecule is CCCCN(C(C)C(=O)CCC)N(C)Cc1cccc(F)c1. The lowest BCUT2D eigenvalue weighted by atomic mass is 10.1. The topological polar surface area (TPSA) is 23.6 Å². The van der Waals surface area contributed by atoms with E-state index in [-0.39, 0.29) is 17.6 Å². The minimum Gasteiger partial charge on any atom is -0.298 e. The Morgan fingerprint density at radius 2 is 2.00 bits per heavy atom. The molecule has 1 unspecified atom stereocenters. The maximum Gasteiger partial charge on any atom is 0.151 e. The number of benzene rings is 1. The van der Waals surface area contributed by atoms with E-state index in [4.69, 9.17) is 0 Å². The Kier molecular flexibility index (Phi) is 8.28. The summed E-state index contributed by atoms with van der Waals surface area (Å²) in [6.45, 7) is 7.58. The monoisotopic (exact) mass is 308 g/mol. The smallest absolute Gasteiger partial charge is 0.151 e. The molecule has 0 saturated heterocycles. The summed E-state index contributed by atoms with van der Waals surface area (Å²) < 4.78 is 13.3. The first-order chi connectivity index (χ1) is 10.5. The number of hydrogen-bond acceptors (Lipinski definition) is 3. The van der Waals surface area contributed by atoms with Gasteiger partial charge in [-0.05, 0) is 37.5 Å². The van der Waals surface area contributed by atoms with Gasteiger partial charge in [0.2, 0.25) is 0 Å². The van der Waals surface area contributed by atoms with Crippen LogP contribution in [0.4, 0.5) is 4.39 Å². The van der Waals surface area contributed by atoms with Crippen LogP contribution in [0.2, 0.25) is 0 Å². The summed E-state index contributed by atoms with van der Waals surface area (Å²) in [6, 6.07) is 6.50. The molecule has 0 bridgehead atoms. The Morgan fingerprint density at radius 3 is 2.59 bits per heavy atom. The fourth-order valence-corrected chi connectivity index (χ4v) is 2.59. The van der Waals surface area contributed by atoms with Gasteiger partial charge < -0.3 is 0 Å². The molecule has 0 amide bonds. The lowest BCUT2D eigenvalue weighted by molar-refractivity contribution is -0.132. The molecule has 0 radical (unpaired) electrons. The second-order valence-electron chi connectivity index (χ2n) is 5.85. The highest BCUT2D eigenvalue weighted by molar-refractivity contribution is 5.83. The number of carbonyl (C=O) groups is 1. The summed E-state index contributed by atoms with van der Waals surface area (Å²) in [4.78, 5) is 12.2. The summed E-state index contributed by atoms with van der Waals surface area (Å²) in [5.74, 6) is 0.0470. The molecule has 0 spiro atoms. The van der Waals surface area contributed by atoms with Crippen molar-refractivity contribution in [1.82, 2.24) is 10.0 Å². The fraction of sp³-hybridized carbons (Fsp3) is 0.611. The van der Waals surface area contributed by atoms with E-state index in [9.17, 15) is 9.18 Å². The molecule has 0 aliphatic rings. The highest BCUT2D eigenvalue weighted by atomic mass is 19.1. The molecule has 0 fully saturated rings. The molecule has 22 heavy (non-hydrogen) atoms. The lowest BCUT2D eigenvalue weighted by Gasteiger charge is -2.36. The van der Waals surface area contributed by atoms with Crippen molar-refractivity contribution in [2.75, 3.05) is 13.6 Å². The van der Waals surface area contributed by atoms with Gasteiger partial charge in [-0.15, -0.1) is 0 Å². The molecular weight excluding hydrogens is 279 g/mol. The molecule has 124 valence electrons. The van der Waals surface area contributed by atoms with Gasteiger partial charge in [-0.25, -0.2) is 14.4 Å². The highest BCUT2D eigenvalue weighted by Gasteiger charge is 2.23. The van der Waals surface area contributed by atoms with Crippen molar-refractivity contribution < 1.29 is 9.18 Å². The van der Waals surface area contributed by atoms with Crippen LogP contribution in [0.1, 0.15) is 52.0 Å². The number of rotatable bonds is 10. The van der Waals surface area contributed by atoms with E-state index in [2.05, 4.69) is 11.9 Å². The Balaban J connectivity index is 2.78. The third-order valence-electron chi connectivity index (χ3n) is 3.89. The first kappa shape index (κ1) is 18.8. The summed E-state index contributed by atoms with van der Waals surface area (Å²) >= 11 is 0. The quantitative estimate of drug-likeness (QED) is 0.610. The van der Waals surface area contributed by atoms with Crippen LogP contribution in [-0.2, 0) is 11.3 Å². The van der Waals surface area contributed by atoms with E-state index >= 15 is 0 Å². The number of halogens is 1. The van der Waals surface area contributed by atoms with Crippen LogP contribution in [0.15, 0.2) is 24.3 Å². The zero-order chi connectivity index (χ0) is 16.5. The van der Waals surface area contributed by atoms with E-state index in [0.29, 0.717) is 13.0 Å². The molecule has 0 aromatic heterocycles. The highest BCUT2D eigenvalue weighted by Crippen LogP contribution is 2.13. The predicted molar refractivity (Wildman–Crippen MR) is 88.9 cm³/mol. The first-order valence-electron chi connectivity index (χ1n) is 8.24. The molecular formula is C18H29FN2O. The van der Waals surface area contributed by atoms with Gasteiger partial charge in [-0.3, -0.25) is 4.79 Å². The predicted octanol–water partition coefficient (Wildman–Crippen LogP) is 4.03. The first-order valence-corrected chi connectivity index (χ1v) is 8.24. The average molecular weight is 308 g/mol. The Morgan fingerprint density at radius 1 is 1.27 bits per heavy atom. The summed E-state index contributed by atoms with van der Waals surface area (Å²) in [7, 11) is 1.97. The molecule has 3 nitrogen and oxygen atoms in total. The third-order valence-corrected chi connectivity index (χ3v) is 3.89. The van der Waals surface area contributed by atoms with Gasteiger partial charge in [-0.1, -0.05) is 32.4 Å². The van der Waals surface area contributed by atoms with Crippen LogP contribution in [0.25, 0.3) is 0 Å². The van der Waals surface area contributed by atoms with Crippen molar-refractivity contribution in [2.45, 2.75) is 59.0 Å². The molecule has 1 aromatic carbocycles. The number of unbranched alkanes of at least 4 members (excludes halogenated alkanes) is 1. The molecule has 0 aliphatic carbocycles. The Bertz CT molecular complexity index is 464. The van der Waals surface area contributed by atoms with E-state index in [1.165, 1.54) is 6.07 Å². The van der Waals surface area contributed by atoms with Crippen LogP contribution in [0.3, 0.4) is 0 Å². The van der Waals surface area contributed by atoms with Crippen molar-refractivity contribution >= 4 is 5.78 Å². The van der Waals surface area contributed by atoms with Gasteiger partial charge >= 0.3 is 0 Å². The molecule has 0 saturated carbocycles. The Hall–Kier alpha value is -1.26. The fourth-order valence-electron chi connectivity index (χ4n) is 2.59. The standard InChI is InChI=1S/C18H29FN2O/c1-5-7-12-21(15(3)18(22)9-6-2)20(4)14-16-10-8-11-17(19)13-16/h8,10-11,13,15H,5-7,9,12,14H2,1-4H3. The van der Waals surface area contributed by atoms with E-state index in [1.807, 2.05) is 32.0 Å². The average Bonchev–Trinajstić information content (AvgIpc) is 2.47. The number of carbonyl (C=O) groups excluding carboxylic acids is 1. The molecule has 0 N–H and O–H groups in total. The van der Waals surface area contributed by atoms with E-state index in [1.54, 1.807) is 12.1 Å². The van der Waals surface area contributed by atoms with Crippen molar-refractivity contribution in [3.63, 3.8) is 0 Å². The molecule has 4 heteroatoms. The summed E-state index contributed by atoms with van der Waals surface area (Å²) in [5, 5.41) is 4.16. The zero-order valence-electron chi connectivity index (χ0n) is 14.3. The summed E-state index contributed by atoms with van der Waals surface area (Å²) in [6.07, 6.45) is 3.60. The maximum absolute atomic E-state index is 13.3. The minimum atomic E-state index is -0.221. The van der Waals surface area contributed by atoms with Crippen LogP contribution >= 0.6 is 0 Å². The van der Waals surface area contributed by atoms with Gasteiger partial charge in [0.25, 0.3) is 0 Å². The minimum absolute atomic E-state index is 0.134. The van der Waals surface area contributed by atoms with Crippen LogP contribution < -0.4 is 0 Å². The molecule has 1 rings (SSSR count). The number of nitrogens with zero attached hydrogens (tertiary/aromatic N) is 2. The van der Waals surface area contributed by atoms with Crippen LogP contribution in [-0.4, -0.2) is 35.4 Å². The largest absolute Gasteiger partial charge is 0.298 e. The molecule has 0 heterocycles. The van der Waals surface area contributed by atoms with Crippen molar-refractivity contribution in [2.24, 2.45) is 0 Å². The van der Waals surface area contributed by atoms with Crippen molar-refractivity contribution in [1.29, 1.82) is 0 Å². The zero-order valence-corrected chi connectivity index (χ0v) is 14.3. The molecule has 0 aliphatic heterocycles. The number of Topliss-reactive ketones (excluding diaryl/α,β-unsaturated/α-hetero) is 1. The van der Waals surface area contributed by atoms with Crippen molar-refractivity contribution in [3.8, 4) is 0 Å².